The lowest BCUT2D eigenvalue weighted by atomic mass is 10.2. The maximum atomic E-state index is 13.0. The summed E-state index contributed by atoms with van der Waals surface area (Å²) in [7, 11) is 0. The molecule has 2 aromatic carbocycles. The number of halogens is 3. The summed E-state index contributed by atoms with van der Waals surface area (Å²) < 4.78 is 19.3. The molecule has 20 heavy (non-hydrogen) atoms. The first-order valence-corrected chi connectivity index (χ1v) is 6.74. The second-order valence-corrected chi connectivity index (χ2v) is 5.29. The molecule has 0 atom stereocenters. The Hall–Kier alpha value is -1.59. The minimum absolute atomic E-state index is 0.0953. The van der Waals surface area contributed by atoms with Gasteiger partial charge >= 0.3 is 5.97 Å². The smallest absolute Gasteiger partial charge is 0.339 e. The second kappa shape index (κ2) is 6.24. The van der Waals surface area contributed by atoms with Gasteiger partial charge in [-0.1, -0.05) is 33.6 Å². The molecule has 3 nitrogen and oxygen atoms in total. The van der Waals surface area contributed by atoms with Crippen molar-refractivity contribution >= 4 is 33.5 Å². The number of hydrogen-bond acceptors (Lipinski definition) is 2. The van der Waals surface area contributed by atoms with Gasteiger partial charge in [-0.15, -0.1) is 0 Å². The molecule has 1 N–H and O–H groups in total. The number of ether oxygens (including phenoxy) is 1. The van der Waals surface area contributed by atoms with Crippen molar-refractivity contribution < 1.29 is 19.0 Å². The molecule has 0 heterocycles. The molecule has 0 spiro atoms. The van der Waals surface area contributed by atoms with Crippen LogP contribution < -0.4 is 4.74 Å². The van der Waals surface area contributed by atoms with Crippen molar-refractivity contribution in [3.8, 4) is 5.75 Å². The van der Waals surface area contributed by atoms with E-state index in [1.54, 1.807) is 18.2 Å². The van der Waals surface area contributed by atoms with Gasteiger partial charge in [-0.3, -0.25) is 0 Å². The third-order valence-corrected chi connectivity index (χ3v) is 3.42. The average molecular weight is 360 g/mol. The molecule has 0 aliphatic rings. The van der Waals surface area contributed by atoms with Crippen LogP contribution in [0.25, 0.3) is 0 Å². The lowest BCUT2D eigenvalue weighted by molar-refractivity contribution is 0.0691. The summed E-state index contributed by atoms with van der Waals surface area (Å²) in [6.45, 7) is 0.0953. The highest BCUT2D eigenvalue weighted by molar-refractivity contribution is 9.10. The van der Waals surface area contributed by atoms with Crippen molar-refractivity contribution in [2.45, 2.75) is 6.61 Å². The Bertz CT molecular complexity index is 661. The summed E-state index contributed by atoms with van der Waals surface area (Å²) in [5, 5.41) is 9.50. The molecule has 0 saturated heterocycles. The fourth-order valence-corrected chi connectivity index (χ4v) is 2.32. The summed E-state index contributed by atoms with van der Waals surface area (Å²) in [6.07, 6.45) is 0. The third kappa shape index (κ3) is 3.49. The van der Waals surface area contributed by atoms with E-state index in [-0.39, 0.29) is 17.9 Å². The number of carboxylic acids is 1. The van der Waals surface area contributed by atoms with Gasteiger partial charge < -0.3 is 9.84 Å². The van der Waals surface area contributed by atoms with Crippen LogP contribution in [0.15, 0.2) is 40.9 Å². The maximum Gasteiger partial charge on any atom is 0.339 e. The van der Waals surface area contributed by atoms with Crippen LogP contribution in [0.1, 0.15) is 15.9 Å². The van der Waals surface area contributed by atoms with Crippen molar-refractivity contribution in [2.24, 2.45) is 0 Å². The molecular formula is C14H9BrClFO3. The number of benzene rings is 2. The highest BCUT2D eigenvalue weighted by Gasteiger charge is 2.13. The molecule has 0 bridgehead atoms. The van der Waals surface area contributed by atoms with Crippen LogP contribution in [-0.2, 0) is 6.61 Å². The highest BCUT2D eigenvalue weighted by atomic mass is 79.9. The van der Waals surface area contributed by atoms with Crippen molar-refractivity contribution in [3.05, 3.63) is 62.8 Å². The van der Waals surface area contributed by atoms with Gasteiger partial charge in [-0.2, -0.15) is 0 Å². The van der Waals surface area contributed by atoms with Gasteiger partial charge in [0.2, 0.25) is 0 Å². The third-order valence-electron chi connectivity index (χ3n) is 2.57. The van der Waals surface area contributed by atoms with E-state index in [4.69, 9.17) is 21.4 Å². The normalized spacial score (nSPS) is 10.3. The molecule has 2 aromatic rings. The van der Waals surface area contributed by atoms with E-state index in [2.05, 4.69) is 15.9 Å². The van der Waals surface area contributed by atoms with Crippen LogP contribution in [0, 0.1) is 5.82 Å². The number of aromatic carboxylic acids is 1. The summed E-state index contributed by atoms with van der Waals surface area (Å²) in [4.78, 5) is 11.0. The van der Waals surface area contributed by atoms with Gasteiger partial charge in [-0.05, 0) is 30.3 Å². The summed E-state index contributed by atoms with van der Waals surface area (Å²) >= 11 is 9.32. The van der Waals surface area contributed by atoms with Crippen LogP contribution in [0.4, 0.5) is 4.39 Å². The van der Waals surface area contributed by atoms with E-state index in [1.807, 2.05) is 0 Å². The molecule has 0 fully saturated rings. The predicted molar refractivity (Wildman–Crippen MR) is 76.8 cm³/mol. The molecule has 104 valence electrons. The quantitative estimate of drug-likeness (QED) is 0.873. The van der Waals surface area contributed by atoms with Crippen LogP contribution >= 0.6 is 27.5 Å². The molecule has 2 rings (SSSR count). The first-order chi connectivity index (χ1) is 9.47. The van der Waals surface area contributed by atoms with E-state index in [9.17, 15) is 9.18 Å². The molecule has 0 aliphatic carbocycles. The Balaban J connectivity index is 2.20. The van der Waals surface area contributed by atoms with Crippen LogP contribution in [0.3, 0.4) is 0 Å². The summed E-state index contributed by atoms with van der Waals surface area (Å²) in [6, 6.07) is 8.62. The first kappa shape index (κ1) is 14.8. The Morgan fingerprint density at radius 2 is 2.05 bits per heavy atom. The maximum absolute atomic E-state index is 13.0. The summed E-state index contributed by atoms with van der Waals surface area (Å²) in [5.74, 6) is -1.78. The van der Waals surface area contributed by atoms with Crippen molar-refractivity contribution in [1.29, 1.82) is 0 Å². The fraction of sp³-hybridized carbons (Fsp3) is 0.0714. The lowest BCUT2D eigenvalue weighted by Crippen LogP contribution is -2.04. The van der Waals surface area contributed by atoms with E-state index in [0.29, 0.717) is 10.6 Å². The Kier molecular flexibility index (Phi) is 4.62. The van der Waals surface area contributed by atoms with E-state index in [0.717, 1.165) is 16.6 Å². The van der Waals surface area contributed by atoms with E-state index < -0.39 is 11.8 Å². The molecule has 0 aliphatic heterocycles. The number of carboxylic acid groups (broad SMARTS) is 1. The molecule has 0 amide bonds. The van der Waals surface area contributed by atoms with Gasteiger partial charge in [0.25, 0.3) is 0 Å². The van der Waals surface area contributed by atoms with Gasteiger partial charge in [0.15, 0.2) is 0 Å². The molecule has 0 aromatic heterocycles. The monoisotopic (exact) mass is 358 g/mol. The first-order valence-electron chi connectivity index (χ1n) is 5.57. The van der Waals surface area contributed by atoms with Crippen molar-refractivity contribution in [3.63, 3.8) is 0 Å². The van der Waals surface area contributed by atoms with Crippen LogP contribution in [0.2, 0.25) is 5.02 Å². The molecule has 6 heteroatoms. The minimum atomic E-state index is -1.25. The zero-order valence-corrected chi connectivity index (χ0v) is 12.4. The van der Waals surface area contributed by atoms with Crippen molar-refractivity contribution in [2.75, 3.05) is 0 Å². The Morgan fingerprint density at radius 1 is 1.30 bits per heavy atom. The van der Waals surface area contributed by atoms with Gasteiger partial charge in [0.1, 0.15) is 23.7 Å². The number of rotatable bonds is 4. The number of carbonyl (C=O) groups is 1. The van der Waals surface area contributed by atoms with Gasteiger partial charge in [-0.25, -0.2) is 9.18 Å². The standard InChI is InChI=1S/C14H9BrClFO3/c15-9-2-1-8(12(16)5-9)7-20-13-4-3-10(17)6-11(13)14(18)19/h1-6H,7H2,(H,18,19). The molecule has 0 saturated carbocycles. The van der Waals surface area contributed by atoms with Crippen molar-refractivity contribution in [1.82, 2.24) is 0 Å². The average Bonchev–Trinajstić information content (AvgIpc) is 2.38. The van der Waals surface area contributed by atoms with Crippen LogP contribution in [0.5, 0.6) is 5.75 Å². The van der Waals surface area contributed by atoms with E-state index >= 15 is 0 Å². The zero-order valence-electron chi connectivity index (χ0n) is 10.1. The van der Waals surface area contributed by atoms with Gasteiger partial charge in [0, 0.05) is 15.1 Å². The largest absolute Gasteiger partial charge is 0.488 e. The topological polar surface area (TPSA) is 46.5 Å². The Labute approximate surface area is 128 Å². The van der Waals surface area contributed by atoms with E-state index in [1.165, 1.54) is 6.07 Å². The summed E-state index contributed by atoms with van der Waals surface area (Å²) in [5.41, 5.74) is 0.480. The minimum Gasteiger partial charge on any atom is -0.488 e. The zero-order chi connectivity index (χ0) is 14.7. The molecular weight excluding hydrogens is 351 g/mol. The lowest BCUT2D eigenvalue weighted by Gasteiger charge is -2.10. The van der Waals surface area contributed by atoms with Gasteiger partial charge in [0.05, 0.1) is 0 Å². The number of hydrogen-bond donors (Lipinski definition) is 1. The predicted octanol–water partition coefficient (Wildman–Crippen LogP) is 4.52. The SMILES string of the molecule is O=C(O)c1cc(F)ccc1OCc1ccc(Br)cc1Cl. The molecule has 0 unspecified atom stereocenters. The second-order valence-electron chi connectivity index (χ2n) is 3.97. The highest BCUT2D eigenvalue weighted by Crippen LogP contribution is 2.25. The Morgan fingerprint density at radius 3 is 2.70 bits per heavy atom. The molecule has 0 radical (unpaired) electrons. The fourth-order valence-electron chi connectivity index (χ4n) is 1.59. The van der Waals surface area contributed by atoms with Crippen LogP contribution in [-0.4, -0.2) is 11.1 Å².